The highest BCUT2D eigenvalue weighted by molar-refractivity contribution is 7.42. The first-order valence-electron chi connectivity index (χ1n) is 11.8. The van der Waals surface area contributed by atoms with Gasteiger partial charge in [-0.05, 0) is 46.5 Å². The van der Waals surface area contributed by atoms with Crippen molar-refractivity contribution in [3.63, 3.8) is 0 Å². The zero-order valence-electron chi connectivity index (χ0n) is 21.1. The van der Waals surface area contributed by atoms with Gasteiger partial charge in [0.2, 0.25) is 0 Å². The number of hydrogen-bond donors (Lipinski definition) is 0. The fourth-order valence-corrected chi connectivity index (χ4v) is 4.95. The van der Waals surface area contributed by atoms with E-state index in [1.54, 1.807) is 7.11 Å². The van der Waals surface area contributed by atoms with Crippen molar-refractivity contribution in [2.24, 2.45) is 0 Å². The molecule has 0 aromatic heterocycles. The Balaban J connectivity index is 1.42. The molecule has 35 heavy (non-hydrogen) atoms. The molecule has 0 spiro atoms. The zero-order chi connectivity index (χ0) is 24.9. The number of rotatable bonds is 9. The van der Waals surface area contributed by atoms with Gasteiger partial charge in [-0.15, -0.1) is 0 Å². The van der Waals surface area contributed by atoms with Gasteiger partial charge in [-0.1, -0.05) is 113 Å². The van der Waals surface area contributed by atoms with Crippen molar-refractivity contribution in [1.82, 2.24) is 0 Å². The van der Waals surface area contributed by atoms with E-state index in [1.807, 2.05) is 36.4 Å². The maximum Gasteiger partial charge on any atom is 0.462 e. The monoisotopic (exact) mass is 484 g/mol. The lowest BCUT2D eigenvalue weighted by atomic mass is 9.78. The quantitative estimate of drug-likeness (QED) is 0.222. The zero-order valence-corrected chi connectivity index (χ0v) is 22.0. The Bertz CT molecular complexity index is 1100. The van der Waals surface area contributed by atoms with Crippen molar-refractivity contribution in [2.75, 3.05) is 7.11 Å². The van der Waals surface area contributed by atoms with E-state index in [1.165, 1.54) is 22.3 Å². The van der Waals surface area contributed by atoms with E-state index in [0.717, 1.165) is 0 Å². The Morgan fingerprint density at radius 1 is 0.457 bits per heavy atom. The second kappa shape index (κ2) is 10.6. The van der Waals surface area contributed by atoms with Crippen molar-refractivity contribution < 1.29 is 13.6 Å². The predicted molar refractivity (Wildman–Crippen MR) is 145 cm³/mol. The summed E-state index contributed by atoms with van der Waals surface area (Å²) in [6, 6.07) is 37.4. The molecule has 4 rings (SSSR count). The fourth-order valence-electron chi connectivity index (χ4n) is 4.17. The number of benzene rings is 4. The molecule has 180 valence electrons. The van der Waals surface area contributed by atoms with E-state index in [9.17, 15) is 0 Å². The molecule has 0 radical (unpaired) electrons. The molecule has 0 heterocycles. The highest BCUT2D eigenvalue weighted by Gasteiger charge is 2.25. The van der Waals surface area contributed by atoms with E-state index in [4.69, 9.17) is 13.6 Å². The maximum absolute atomic E-state index is 6.03. The lowest BCUT2D eigenvalue weighted by Gasteiger charge is -2.26. The Kier molecular flexibility index (Phi) is 7.60. The third-order valence-electron chi connectivity index (χ3n) is 6.65. The first-order valence-corrected chi connectivity index (χ1v) is 12.9. The Morgan fingerprint density at radius 3 is 1.09 bits per heavy atom. The summed E-state index contributed by atoms with van der Waals surface area (Å²) >= 11 is 0. The van der Waals surface area contributed by atoms with Gasteiger partial charge in [0.1, 0.15) is 11.5 Å². The van der Waals surface area contributed by atoms with Crippen LogP contribution in [0.3, 0.4) is 0 Å². The first kappa shape index (κ1) is 25.0. The van der Waals surface area contributed by atoms with Crippen LogP contribution < -0.4 is 9.05 Å². The van der Waals surface area contributed by atoms with Gasteiger partial charge >= 0.3 is 8.60 Å². The van der Waals surface area contributed by atoms with Gasteiger partial charge in [-0.25, -0.2) is 0 Å². The summed E-state index contributed by atoms with van der Waals surface area (Å²) in [6.07, 6.45) is 0. The molecule has 0 unspecified atom stereocenters. The Morgan fingerprint density at radius 2 is 0.771 bits per heavy atom. The standard InChI is InChI=1S/C31H33O3P/c1-30(2,24-12-8-6-9-13-24)26-16-20-28(21-17-26)33-35(32-5)34-29-22-18-27(19-23-29)31(3,4)25-14-10-7-11-15-25/h6-23H,1-5H3. The van der Waals surface area contributed by atoms with Crippen LogP contribution in [0.1, 0.15) is 49.9 Å². The van der Waals surface area contributed by atoms with Crippen molar-refractivity contribution in [2.45, 2.75) is 38.5 Å². The first-order chi connectivity index (χ1) is 16.8. The lowest BCUT2D eigenvalue weighted by Crippen LogP contribution is -2.18. The molecule has 0 aliphatic carbocycles. The van der Waals surface area contributed by atoms with E-state index in [0.29, 0.717) is 11.5 Å². The SMILES string of the molecule is COP(Oc1ccc(C(C)(C)c2ccccc2)cc1)Oc1ccc(C(C)(C)c2ccccc2)cc1. The van der Waals surface area contributed by atoms with Crippen LogP contribution >= 0.6 is 8.60 Å². The number of hydrogen-bond acceptors (Lipinski definition) is 3. The molecule has 0 saturated heterocycles. The lowest BCUT2D eigenvalue weighted by molar-refractivity contribution is 0.323. The third kappa shape index (κ3) is 5.75. The molecule has 0 fully saturated rings. The highest BCUT2D eigenvalue weighted by Crippen LogP contribution is 2.42. The molecule has 0 saturated carbocycles. The highest BCUT2D eigenvalue weighted by atomic mass is 31.2. The van der Waals surface area contributed by atoms with E-state index in [-0.39, 0.29) is 10.8 Å². The minimum absolute atomic E-state index is 0.0996. The average molecular weight is 485 g/mol. The molecule has 4 aromatic carbocycles. The molecule has 0 amide bonds. The fraction of sp³-hybridized carbons (Fsp3) is 0.226. The summed E-state index contributed by atoms with van der Waals surface area (Å²) in [4.78, 5) is 0. The minimum atomic E-state index is -1.57. The summed E-state index contributed by atoms with van der Waals surface area (Å²) < 4.78 is 17.6. The van der Waals surface area contributed by atoms with Crippen LogP contribution in [0.15, 0.2) is 109 Å². The molecule has 4 aromatic rings. The van der Waals surface area contributed by atoms with Crippen LogP contribution in [0, 0.1) is 0 Å². The van der Waals surface area contributed by atoms with Gasteiger partial charge in [0, 0.05) is 17.9 Å². The van der Waals surface area contributed by atoms with Gasteiger partial charge in [0.15, 0.2) is 0 Å². The van der Waals surface area contributed by atoms with Gasteiger partial charge in [0.25, 0.3) is 0 Å². The van der Waals surface area contributed by atoms with Crippen LogP contribution in [0.25, 0.3) is 0 Å². The summed E-state index contributed by atoms with van der Waals surface area (Å²) in [6.45, 7) is 8.91. The Labute approximate surface area is 210 Å². The molecular formula is C31H33O3P. The van der Waals surface area contributed by atoms with E-state index in [2.05, 4.69) is 100 Å². The van der Waals surface area contributed by atoms with Gasteiger partial charge < -0.3 is 9.05 Å². The van der Waals surface area contributed by atoms with Crippen molar-refractivity contribution in [1.29, 1.82) is 0 Å². The van der Waals surface area contributed by atoms with Crippen molar-refractivity contribution >= 4 is 8.60 Å². The predicted octanol–water partition coefficient (Wildman–Crippen LogP) is 8.67. The summed E-state index contributed by atoms with van der Waals surface area (Å²) in [5.41, 5.74) is 4.78. The van der Waals surface area contributed by atoms with E-state index >= 15 is 0 Å². The molecule has 3 nitrogen and oxygen atoms in total. The van der Waals surface area contributed by atoms with Crippen LogP contribution in [0.4, 0.5) is 0 Å². The normalized spacial score (nSPS) is 11.9. The minimum Gasteiger partial charge on any atom is -0.418 e. The smallest absolute Gasteiger partial charge is 0.418 e. The Hall–Kier alpha value is -3.13. The molecule has 0 aliphatic heterocycles. The molecule has 0 bridgehead atoms. The average Bonchev–Trinajstić information content (AvgIpc) is 2.90. The summed E-state index contributed by atoms with van der Waals surface area (Å²) in [7, 11) is 0.0285. The van der Waals surface area contributed by atoms with Gasteiger partial charge in [0.05, 0.1) is 0 Å². The topological polar surface area (TPSA) is 27.7 Å². The van der Waals surface area contributed by atoms with Crippen LogP contribution in [-0.2, 0) is 15.4 Å². The van der Waals surface area contributed by atoms with Crippen LogP contribution in [0.2, 0.25) is 0 Å². The largest absolute Gasteiger partial charge is 0.462 e. The molecular weight excluding hydrogens is 451 g/mol. The second-order valence-electron chi connectivity index (χ2n) is 9.62. The molecule has 0 aliphatic rings. The van der Waals surface area contributed by atoms with Crippen LogP contribution in [-0.4, -0.2) is 7.11 Å². The molecule has 0 atom stereocenters. The third-order valence-corrected chi connectivity index (χ3v) is 7.67. The van der Waals surface area contributed by atoms with E-state index < -0.39 is 8.60 Å². The van der Waals surface area contributed by atoms with Crippen molar-refractivity contribution in [3.8, 4) is 11.5 Å². The summed E-state index contributed by atoms with van der Waals surface area (Å²) in [5.74, 6) is 1.43. The summed E-state index contributed by atoms with van der Waals surface area (Å²) in [5, 5.41) is 0. The van der Waals surface area contributed by atoms with Crippen LogP contribution in [0.5, 0.6) is 11.5 Å². The molecule has 4 heteroatoms. The van der Waals surface area contributed by atoms with Gasteiger partial charge in [-0.3, -0.25) is 4.52 Å². The van der Waals surface area contributed by atoms with Gasteiger partial charge in [-0.2, -0.15) is 0 Å². The maximum atomic E-state index is 6.03. The second-order valence-corrected chi connectivity index (χ2v) is 10.8. The van der Waals surface area contributed by atoms with Crippen molar-refractivity contribution in [3.05, 3.63) is 131 Å². The molecule has 0 N–H and O–H groups in total.